The van der Waals surface area contributed by atoms with Gasteiger partial charge in [-0.25, -0.2) is 0 Å². The van der Waals surface area contributed by atoms with Gasteiger partial charge >= 0.3 is 0 Å². The van der Waals surface area contributed by atoms with E-state index in [-0.39, 0.29) is 12.5 Å². The van der Waals surface area contributed by atoms with Crippen LogP contribution in [-0.2, 0) is 14.3 Å². The number of nitrogens with one attached hydrogen (secondary N) is 1. The lowest BCUT2D eigenvalue weighted by molar-refractivity contribution is -0.302. The van der Waals surface area contributed by atoms with E-state index in [9.17, 15) is 30.3 Å². The van der Waals surface area contributed by atoms with Crippen molar-refractivity contribution in [3.05, 3.63) is 24.3 Å². The summed E-state index contributed by atoms with van der Waals surface area (Å²) in [6, 6.07) is -0.803. The van der Waals surface area contributed by atoms with Crippen LogP contribution in [0.15, 0.2) is 24.3 Å². The molecule has 0 saturated carbocycles. The minimum absolute atomic E-state index is 0.172. The summed E-state index contributed by atoms with van der Waals surface area (Å²) in [6.07, 6.45) is 56.8. The van der Waals surface area contributed by atoms with E-state index in [0.29, 0.717) is 6.42 Å². The molecule has 6 N–H and O–H groups in total. The molecule has 0 aromatic heterocycles. The summed E-state index contributed by atoms with van der Waals surface area (Å²) in [5, 5.41) is 54.6. The molecule has 0 radical (unpaired) electrons. The highest BCUT2D eigenvalue weighted by Crippen LogP contribution is 2.23. The highest BCUT2D eigenvalue weighted by molar-refractivity contribution is 5.76. The Kier molecular flexibility index (Phi) is 47.8. The molecular formula is C60H115NO8. The largest absolute Gasteiger partial charge is 0.394 e. The van der Waals surface area contributed by atoms with E-state index in [1.165, 1.54) is 238 Å². The number of allylic oxidation sites excluding steroid dienone is 3. The maximum Gasteiger partial charge on any atom is 0.220 e. The Morgan fingerprint density at radius 3 is 1.17 bits per heavy atom. The summed E-state index contributed by atoms with van der Waals surface area (Å²) >= 11 is 0. The second-order valence-electron chi connectivity index (χ2n) is 21.1. The van der Waals surface area contributed by atoms with Crippen molar-refractivity contribution >= 4 is 5.91 Å². The second kappa shape index (κ2) is 50.2. The maximum absolute atomic E-state index is 13.1. The Morgan fingerprint density at radius 2 is 0.812 bits per heavy atom. The van der Waals surface area contributed by atoms with E-state index in [0.717, 1.165) is 38.5 Å². The van der Waals surface area contributed by atoms with Gasteiger partial charge in [-0.2, -0.15) is 0 Å². The Bertz CT molecular complexity index is 1130. The number of hydrogen-bond acceptors (Lipinski definition) is 8. The fourth-order valence-corrected chi connectivity index (χ4v) is 9.74. The van der Waals surface area contributed by atoms with Crippen LogP contribution in [-0.4, -0.2) is 87.5 Å². The quantitative estimate of drug-likeness (QED) is 0.0261. The summed E-state index contributed by atoms with van der Waals surface area (Å²) in [5.74, 6) is -0.172. The molecule has 0 bridgehead atoms. The summed E-state index contributed by atoms with van der Waals surface area (Å²) in [5.41, 5.74) is 0. The van der Waals surface area contributed by atoms with Gasteiger partial charge in [-0.15, -0.1) is 0 Å². The Morgan fingerprint density at radius 1 is 0.478 bits per heavy atom. The summed E-state index contributed by atoms with van der Waals surface area (Å²) < 4.78 is 11.3. The minimum atomic E-state index is -1.56. The van der Waals surface area contributed by atoms with Crippen molar-refractivity contribution in [1.29, 1.82) is 0 Å². The Labute approximate surface area is 426 Å². The zero-order valence-corrected chi connectivity index (χ0v) is 45.3. The average molecular weight is 979 g/mol. The molecule has 9 heteroatoms. The molecule has 0 aliphatic carbocycles. The molecule has 1 aliphatic rings. The summed E-state index contributed by atoms with van der Waals surface area (Å²) in [4.78, 5) is 13.1. The van der Waals surface area contributed by atoms with Crippen LogP contribution in [0.2, 0.25) is 0 Å². The molecule has 1 heterocycles. The molecule has 1 rings (SSSR count). The van der Waals surface area contributed by atoms with E-state index in [2.05, 4.69) is 31.3 Å². The molecule has 0 aromatic rings. The molecule has 1 fully saturated rings. The zero-order chi connectivity index (χ0) is 50.1. The van der Waals surface area contributed by atoms with Crippen molar-refractivity contribution in [1.82, 2.24) is 5.32 Å². The van der Waals surface area contributed by atoms with Gasteiger partial charge in [0.15, 0.2) is 6.29 Å². The standard InChI is InChI=1S/C60H115NO8/c1-3-5-7-9-11-13-15-17-19-21-23-24-25-26-27-28-29-30-32-34-36-38-40-42-44-46-48-50-56(64)61-53(52-68-60-59(67)58(66)57(65)55(51-62)69-60)54(63)49-47-45-43-41-39-37-35-33-31-22-20-18-16-14-12-10-8-6-4-2/h21,23,47,49,53-55,57-60,62-63,65-67H,3-20,22,24-46,48,50-52H2,1-2H3,(H,61,64)/b23-21-,49-47+. The predicted molar refractivity (Wildman–Crippen MR) is 290 cm³/mol. The van der Waals surface area contributed by atoms with Gasteiger partial charge in [-0.05, 0) is 44.9 Å². The molecule has 0 spiro atoms. The number of carbonyl (C=O) groups excluding carboxylic acids is 1. The van der Waals surface area contributed by atoms with Gasteiger partial charge in [0.05, 0.1) is 25.4 Å². The molecule has 1 saturated heterocycles. The van der Waals surface area contributed by atoms with Gasteiger partial charge < -0.3 is 40.3 Å². The van der Waals surface area contributed by atoms with E-state index >= 15 is 0 Å². The summed E-state index contributed by atoms with van der Waals surface area (Å²) in [7, 11) is 0. The van der Waals surface area contributed by atoms with Gasteiger partial charge in [0.2, 0.25) is 5.91 Å². The first-order chi connectivity index (χ1) is 33.8. The van der Waals surface area contributed by atoms with Crippen molar-refractivity contribution in [2.75, 3.05) is 13.2 Å². The summed E-state index contributed by atoms with van der Waals surface area (Å²) in [6.45, 7) is 3.82. The van der Waals surface area contributed by atoms with Crippen LogP contribution in [0.25, 0.3) is 0 Å². The topological polar surface area (TPSA) is 149 Å². The average Bonchev–Trinajstić information content (AvgIpc) is 3.35. The maximum atomic E-state index is 13.1. The van der Waals surface area contributed by atoms with Crippen molar-refractivity contribution in [3.63, 3.8) is 0 Å². The van der Waals surface area contributed by atoms with E-state index in [1.807, 2.05) is 6.08 Å². The lowest BCUT2D eigenvalue weighted by Crippen LogP contribution is -2.60. The van der Waals surface area contributed by atoms with E-state index in [4.69, 9.17) is 9.47 Å². The smallest absolute Gasteiger partial charge is 0.220 e. The molecule has 9 nitrogen and oxygen atoms in total. The van der Waals surface area contributed by atoms with Crippen LogP contribution < -0.4 is 5.32 Å². The van der Waals surface area contributed by atoms with Crippen molar-refractivity contribution < 1.29 is 39.8 Å². The molecule has 69 heavy (non-hydrogen) atoms. The van der Waals surface area contributed by atoms with E-state index < -0.39 is 49.5 Å². The van der Waals surface area contributed by atoms with Crippen molar-refractivity contribution in [2.24, 2.45) is 0 Å². The van der Waals surface area contributed by atoms with Gasteiger partial charge in [-0.1, -0.05) is 269 Å². The monoisotopic (exact) mass is 978 g/mol. The Balaban J connectivity index is 2.18. The molecule has 0 aromatic carbocycles. The van der Waals surface area contributed by atoms with Crippen LogP contribution in [0.1, 0.15) is 296 Å². The molecule has 7 unspecified atom stereocenters. The highest BCUT2D eigenvalue weighted by Gasteiger charge is 2.44. The molecule has 1 amide bonds. The first kappa shape index (κ1) is 65.7. The van der Waals surface area contributed by atoms with Crippen LogP contribution >= 0.6 is 0 Å². The Hall–Kier alpha value is -1.33. The number of rotatable bonds is 52. The van der Waals surface area contributed by atoms with Crippen LogP contribution in [0.3, 0.4) is 0 Å². The number of amides is 1. The molecule has 7 atom stereocenters. The number of aliphatic hydroxyl groups excluding tert-OH is 5. The SMILES string of the molecule is CCCCCCCCCC/C=C\CCCCCCCCCCCCCCCCCC(=O)NC(COC1OC(CO)C(O)C(O)C1O)C(O)/C=C/CCCCCCCCCCCCCCCCCCC. The van der Waals surface area contributed by atoms with Gasteiger partial charge in [0.1, 0.15) is 24.4 Å². The number of hydrogen-bond donors (Lipinski definition) is 6. The number of carbonyl (C=O) groups is 1. The lowest BCUT2D eigenvalue weighted by Gasteiger charge is -2.40. The number of unbranched alkanes of at least 4 members (excludes halogenated alkanes) is 40. The fourth-order valence-electron chi connectivity index (χ4n) is 9.74. The van der Waals surface area contributed by atoms with Gasteiger partial charge in [0.25, 0.3) is 0 Å². The van der Waals surface area contributed by atoms with Gasteiger partial charge in [-0.3, -0.25) is 4.79 Å². The lowest BCUT2D eigenvalue weighted by atomic mass is 9.99. The third kappa shape index (κ3) is 39.8. The normalized spacial score (nSPS) is 19.6. The first-order valence-electron chi connectivity index (χ1n) is 30.1. The molecular weight excluding hydrogens is 863 g/mol. The third-order valence-corrected chi connectivity index (χ3v) is 14.5. The van der Waals surface area contributed by atoms with Gasteiger partial charge in [0, 0.05) is 6.42 Å². The molecule has 1 aliphatic heterocycles. The minimum Gasteiger partial charge on any atom is -0.394 e. The molecule has 408 valence electrons. The van der Waals surface area contributed by atoms with Crippen LogP contribution in [0, 0.1) is 0 Å². The fraction of sp³-hybridized carbons (Fsp3) is 0.917. The van der Waals surface area contributed by atoms with Crippen molar-refractivity contribution in [3.8, 4) is 0 Å². The highest BCUT2D eigenvalue weighted by atomic mass is 16.7. The second-order valence-corrected chi connectivity index (χ2v) is 21.1. The third-order valence-electron chi connectivity index (χ3n) is 14.5. The zero-order valence-electron chi connectivity index (χ0n) is 45.3. The van der Waals surface area contributed by atoms with Crippen LogP contribution in [0.5, 0.6) is 0 Å². The van der Waals surface area contributed by atoms with Crippen molar-refractivity contribution in [2.45, 2.75) is 339 Å². The van der Waals surface area contributed by atoms with E-state index in [1.54, 1.807) is 6.08 Å². The number of ether oxygens (including phenoxy) is 2. The first-order valence-corrected chi connectivity index (χ1v) is 30.1. The number of aliphatic hydroxyl groups is 5. The predicted octanol–water partition coefficient (Wildman–Crippen LogP) is 15.0. The van der Waals surface area contributed by atoms with Crippen LogP contribution in [0.4, 0.5) is 0 Å².